The molecule has 0 aromatic heterocycles. The second kappa shape index (κ2) is 7.58. The van der Waals surface area contributed by atoms with Gasteiger partial charge in [0.25, 0.3) is 0 Å². The van der Waals surface area contributed by atoms with E-state index in [0.29, 0.717) is 6.04 Å². The molecule has 1 aliphatic carbocycles. The lowest BCUT2D eigenvalue weighted by Gasteiger charge is -2.28. The van der Waals surface area contributed by atoms with E-state index in [2.05, 4.69) is 34.8 Å². The van der Waals surface area contributed by atoms with Crippen molar-refractivity contribution in [2.45, 2.75) is 51.5 Å². The highest BCUT2D eigenvalue weighted by atomic mass is 127. The molecule has 1 fully saturated rings. The minimum Gasteiger partial charge on any atom is -0.310 e. The quantitative estimate of drug-likeness (QED) is 0.710. The third kappa shape index (κ3) is 4.42. The van der Waals surface area contributed by atoms with E-state index in [9.17, 15) is 4.39 Å². The second-order valence-corrected chi connectivity index (χ2v) is 6.68. The Hall–Kier alpha value is -0.160. The first-order chi connectivity index (χ1) is 9.20. The molecule has 1 atom stereocenters. The van der Waals surface area contributed by atoms with Crippen molar-refractivity contribution >= 4 is 22.6 Å². The summed E-state index contributed by atoms with van der Waals surface area (Å²) in [6.07, 6.45) is 8.07. The summed E-state index contributed by atoms with van der Waals surface area (Å²) in [5, 5.41) is 3.58. The summed E-state index contributed by atoms with van der Waals surface area (Å²) in [6, 6.07) is 5.55. The van der Waals surface area contributed by atoms with Gasteiger partial charge in [-0.25, -0.2) is 4.39 Å². The van der Waals surface area contributed by atoms with E-state index in [-0.39, 0.29) is 5.82 Å². The highest BCUT2D eigenvalue weighted by molar-refractivity contribution is 14.1. The molecule has 0 saturated heterocycles. The lowest BCUT2D eigenvalue weighted by Crippen LogP contribution is -2.25. The molecule has 106 valence electrons. The predicted octanol–water partition coefficient (Wildman–Crippen LogP) is 5.05. The van der Waals surface area contributed by atoms with Crippen molar-refractivity contribution < 1.29 is 4.39 Å². The summed E-state index contributed by atoms with van der Waals surface area (Å²) in [5.41, 5.74) is 1.26. The Labute approximate surface area is 129 Å². The van der Waals surface area contributed by atoms with Gasteiger partial charge in [0.05, 0.1) is 0 Å². The Morgan fingerprint density at radius 2 is 2.05 bits per heavy atom. The van der Waals surface area contributed by atoms with Gasteiger partial charge in [-0.3, -0.25) is 0 Å². The van der Waals surface area contributed by atoms with E-state index in [4.69, 9.17) is 0 Å². The van der Waals surface area contributed by atoms with E-state index in [0.717, 1.165) is 16.0 Å². The Kier molecular flexibility index (Phi) is 6.07. The molecule has 0 bridgehead atoms. The minimum absolute atomic E-state index is 0.138. The number of benzene rings is 1. The smallest absolute Gasteiger partial charge is 0.124 e. The largest absolute Gasteiger partial charge is 0.310 e. The molecule has 0 spiro atoms. The van der Waals surface area contributed by atoms with E-state index in [1.165, 1.54) is 44.1 Å². The molecule has 1 nitrogen and oxygen atoms in total. The predicted molar refractivity (Wildman–Crippen MR) is 86.7 cm³/mol. The van der Waals surface area contributed by atoms with Crippen LogP contribution in [0, 0.1) is 15.3 Å². The van der Waals surface area contributed by atoms with Crippen LogP contribution in [0.3, 0.4) is 0 Å². The monoisotopic (exact) mass is 375 g/mol. The molecular weight excluding hydrogens is 352 g/mol. The van der Waals surface area contributed by atoms with Gasteiger partial charge in [0.15, 0.2) is 0 Å². The Balaban J connectivity index is 2.09. The SMILES string of the molecule is CCNC(CC1CCCCC1)c1ccc(F)cc1I. The topological polar surface area (TPSA) is 12.0 Å². The Bertz CT molecular complexity index is 402. The number of hydrogen-bond donors (Lipinski definition) is 1. The zero-order valence-corrected chi connectivity index (χ0v) is 13.7. The molecule has 0 amide bonds. The van der Waals surface area contributed by atoms with Crippen LogP contribution in [-0.2, 0) is 0 Å². The van der Waals surface area contributed by atoms with Gasteiger partial charge in [-0.15, -0.1) is 0 Å². The van der Waals surface area contributed by atoms with E-state index in [1.807, 2.05) is 6.07 Å². The lowest BCUT2D eigenvalue weighted by molar-refractivity contribution is 0.301. The molecule has 1 aromatic carbocycles. The fraction of sp³-hybridized carbons (Fsp3) is 0.625. The second-order valence-electron chi connectivity index (χ2n) is 5.52. The van der Waals surface area contributed by atoms with E-state index in [1.54, 1.807) is 12.1 Å². The zero-order valence-electron chi connectivity index (χ0n) is 11.6. The van der Waals surface area contributed by atoms with Gasteiger partial charge in [-0.2, -0.15) is 0 Å². The summed E-state index contributed by atoms with van der Waals surface area (Å²) < 4.78 is 14.3. The molecule has 0 aliphatic heterocycles. The number of hydrogen-bond acceptors (Lipinski definition) is 1. The van der Waals surface area contributed by atoms with Crippen LogP contribution in [0.2, 0.25) is 0 Å². The Morgan fingerprint density at radius 1 is 1.32 bits per heavy atom. The van der Waals surface area contributed by atoms with Crippen LogP contribution < -0.4 is 5.32 Å². The average Bonchev–Trinajstić information content (AvgIpc) is 2.39. The standard InChI is InChI=1S/C16H23FIN/c1-2-19-16(10-12-6-4-3-5-7-12)14-9-8-13(17)11-15(14)18/h8-9,11-12,16,19H,2-7,10H2,1H3. The first-order valence-corrected chi connectivity index (χ1v) is 8.47. The maximum absolute atomic E-state index is 13.2. The summed E-state index contributed by atoms with van der Waals surface area (Å²) in [6.45, 7) is 3.11. The van der Waals surface area contributed by atoms with Crippen LogP contribution in [0.25, 0.3) is 0 Å². The van der Waals surface area contributed by atoms with E-state index >= 15 is 0 Å². The molecule has 2 rings (SSSR count). The highest BCUT2D eigenvalue weighted by Gasteiger charge is 2.21. The Morgan fingerprint density at radius 3 is 2.68 bits per heavy atom. The van der Waals surface area contributed by atoms with E-state index < -0.39 is 0 Å². The van der Waals surface area contributed by atoms with Crippen LogP contribution in [0.5, 0.6) is 0 Å². The maximum atomic E-state index is 13.2. The van der Waals surface area contributed by atoms with Crippen molar-refractivity contribution in [1.29, 1.82) is 0 Å². The molecule has 19 heavy (non-hydrogen) atoms. The van der Waals surface area contributed by atoms with Crippen molar-refractivity contribution in [3.63, 3.8) is 0 Å². The van der Waals surface area contributed by atoms with Crippen molar-refractivity contribution in [3.05, 3.63) is 33.1 Å². The van der Waals surface area contributed by atoms with Crippen LogP contribution in [-0.4, -0.2) is 6.54 Å². The number of halogens is 2. The third-order valence-electron chi connectivity index (χ3n) is 4.08. The van der Waals surface area contributed by atoms with Crippen LogP contribution in [0.4, 0.5) is 4.39 Å². The molecule has 0 radical (unpaired) electrons. The van der Waals surface area contributed by atoms with Gasteiger partial charge in [-0.1, -0.05) is 45.1 Å². The van der Waals surface area contributed by atoms with Gasteiger partial charge >= 0.3 is 0 Å². The van der Waals surface area contributed by atoms with Crippen molar-refractivity contribution in [1.82, 2.24) is 5.32 Å². The minimum atomic E-state index is -0.138. The number of nitrogens with one attached hydrogen (secondary N) is 1. The summed E-state index contributed by atoms with van der Waals surface area (Å²) in [4.78, 5) is 0. The van der Waals surface area contributed by atoms with Crippen LogP contribution in [0.15, 0.2) is 18.2 Å². The van der Waals surface area contributed by atoms with Crippen molar-refractivity contribution in [2.75, 3.05) is 6.54 Å². The molecule has 1 saturated carbocycles. The molecule has 3 heteroatoms. The molecule has 1 unspecified atom stereocenters. The molecular formula is C16H23FIN. The molecule has 1 aromatic rings. The fourth-order valence-electron chi connectivity index (χ4n) is 3.11. The summed E-state index contributed by atoms with van der Waals surface area (Å²) in [7, 11) is 0. The van der Waals surface area contributed by atoms with Gasteiger partial charge in [0.2, 0.25) is 0 Å². The first kappa shape index (κ1) is 15.2. The van der Waals surface area contributed by atoms with Crippen molar-refractivity contribution in [2.24, 2.45) is 5.92 Å². The first-order valence-electron chi connectivity index (χ1n) is 7.39. The van der Waals surface area contributed by atoms with Gasteiger partial charge < -0.3 is 5.32 Å². The third-order valence-corrected chi connectivity index (χ3v) is 5.02. The maximum Gasteiger partial charge on any atom is 0.124 e. The number of rotatable bonds is 5. The normalized spacial score (nSPS) is 18.5. The van der Waals surface area contributed by atoms with Crippen LogP contribution in [0.1, 0.15) is 57.1 Å². The molecule has 1 aliphatic rings. The zero-order chi connectivity index (χ0) is 13.7. The lowest BCUT2D eigenvalue weighted by atomic mass is 9.83. The fourth-order valence-corrected chi connectivity index (χ4v) is 3.96. The highest BCUT2D eigenvalue weighted by Crippen LogP contribution is 2.33. The van der Waals surface area contributed by atoms with Crippen molar-refractivity contribution in [3.8, 4) is 0 Å². The summed E-state index contributed by atoms with van der Waals surface area (Å²) >= 11 is 2.26. The van der Waals surface area contributed by atoms with Gasteiger partial charge in [-0.05, 0) is 59.2 Å². The average molecular weight is 375 g/mol. The van der Waals surface area contributed by atoms with Gasteiger partial charge in [0.1, 0.15) is 5.82 Å². The van der Waals surface area contributed by atoms with Gasteiger partial charge in [0, 0.05) is 9.61 Å². The molecule has 1 N–H and O–H groups in total. The summed E-state index contributed by atoms with van der Waals surface area (Å²) in [5.74, 6) is 0.694. The van der Waals surface area contributed by atoms with Crippen LogP contribution >= 0.6 is 22.6 Å². The molecule has 0 heterocycles.